The quantitative estimate of drug-likeness (QED) is 0.255. The van der Waals surface area contributed by atoms with E-state index in [4.69, 9.17) is 35.0 Å². The van der Waals surface area contributed by atoms with Gasteiger partial charge in [0.15, 0.2) is 0 Å². The molecule has 0 bridgehead atoms. The van der Waals surface area contributed by atoms with E-state index in [1.54, 1.807) is 0 Å². The fraction of sp³-hybridized carbons (Fsp3) is 0. The van der Waals surface area contributed by atoms with Gasteiger partial charge in [0.05, 0.1) is 0 Å². The molecule has 0 heterocycles. The van der Waals surface area contributed by atoms with E-state index in [2.05, 4.69) is 0 Å². The molecule has 0 aromatic heterocycles. The molecule has 0 saturated carbocycles. The van der Waals surface area contributed by atoms with Gasteiger partial charge in [0.2, 0.25) is 10.4 Å². The first-order valence-corrected chi connectivity index (χ1v) is 4.05. The molecule has 0 rings (SSSR count). The summed E-state index contributed by atoms with van der Waals surface area (Å²) in [7, 11) is -10.1. The maximum absolute atomic E-state index is 8.63. The third kappa shape index (κ3) is 328. The molecule has 0 amide bonds. The molecule has 1 N–H and O–H groups in total. The van der Waals surface area contributed by atoms with E-state index in [9.17, 15) is 0 Å². The van der Waals surface area contributed by atoms with Crippen molar-refractivity contribution in [2.24, 2.45) is 0 Å². The Kier molecular flexibility index (Phi) is 19.2. The summed E-state index contributed by atoms with van der Waals surface area (Å²) in [5.74, 6) is 0. The summed E-state index contributed by atoms with van der Waals surface area (Å²) in [6.45, 7) is 0. The van der Waals surface area contributed by atoms with E-state index < -0.39 is 20.8 Å². The van der Waals surface area contributed by atoms with Crippen molar-refractivity contribution in [1.82, 2.24) is 0 Å². The van der Waals surface area contributed by atoms with Crippen LogP contribution >= 0.6 is 0 Å². The van der Waals surface area contributed by atoms with Gasteiger partial charge < -0.3 is 13.7 Å². The first-order valence-electron chi connectivity index (χ1n) is 1.35. The van der Waals surface area contributed by atoms with Crippen LogP contribution in [0.15, 0.2) is 0 Å². The summed E-state index contributed by atoms with van der Waals surface area (Å²) < 4.78 is 66.9. The minimum absolute atomic E-state index is 0. The zero-order valence-corrected chi connectivity index (χ0v) is 12.0. The molecule has 0 atom stereocenters. The van der Waals surface area contributed by atoms with Crippen molar-refractivity contribution in [2.75, 3.05) is 0 Å². The second kappa shape index (κ2) is 9.69. The van der Waals surface area contributed by atoms with Crippen LogP contribution in [0.5, 0.6) is 0 Å². The number of rotatable bonds is 0. The summed E-state index contributed by atoms with van der Waals surface area (Å²) in [5.41, 5.74) is 0. The van der Waals surface area contributed by atoms with E-state index in [-0.39, 0.29) is 74.4 Å². The van der Waals surface area contributed by atoms with Crippen LogP contribution < -0.4 is 51.4 Å². The van der Waals surface area contributed by atoms with Crippen LogP contribution in [-0.4, -0.2) is 58.1 Å². The third-order valence-electron chi connectivity index (χ3n) is 0. The molecule has 12 heteroatoms. The Hall–Kier alpha value is 2.14. The predicted molar refractivity (Wildman–Crippen MR) is 28.6 cm³/mol. The first kappa shape index (κ1) is 23.7. The van der Waals surface area contributed by atoms with E-state index in [0.717, 1.165) is 0 Å². The second-order valence-electron chi connectivity index (χ2n) is 0.836. The molecular weight excluding hydrogens is 256 g/mol. The number of hydrogen-bond acceptors (Lipinski definition) is 7. The summed E-state index contributed by atoms with van der Waals surface area (Å²) in [4.78, 5) is 0. The molecule has 0 aliphatic rings. The van der Waals surface area contributed by atoms with Crippen molar-refractivity contribution in [3.05, 3.63) is 0 Å². The van der Waals surface area contributed by atoms with Crippen molar-refractivity contribution in [3.8, 4) is 0 Å². The van der Waals surface area contributed by atoms with Crippen LogP contribution in [0.4, 0.5) is 0 Å². The molecule has 0 aliphatic heterocycles. The average Bonchev–Trinajstić information content (AvgIpc) is 1.12. The van der Waals surface area contributed by atoms with Crippen molar-refractivity contribution in [2.45, 2.75) is 0 Å². The standard InChI is InChI=1S/K.Mg.2H2O4S/c;;2*1-5(2,3)4/h;;2*(H2,1,2,3,4)/q+1;+2;;/p-3. The van der Waals surface area contributed by atoms with Gasteiger partial charge in [0, 0.05) is 10.4 Å². The minimum Gasteiger partial charge on any atom is -0.759 e. The third-order valence-corrected chi connectivity index (χ3v) is 0. The molecular formula is HKMgO8S2. The van der Waals surface area contributed by atoms with Gasteiger partial charge in [-0.1, -0.05) is 0 Å². The fourth-order valence-corrected chi connectivity index (χ4v) is 0. The van der Waals surface area contributed by atoms with Crippen molar-refractivity contribution >= 4 is 43.9 Å². The Balaban J connectivity index is -0.0000000457. The topological polar surface area (TPSA) is 158 Å². The van der Waals surface area contributed by atoms with Gasteiger partial charge in [-0.2, -0.15) is 0 Å². The summed E-state index contributed by atoms with van der Waals surface area (Å²) >= 11 is 0. The Bertz CT molecular complexity index is 213. The van der Waals surface area contributed by atoms with Gasteiger partial charge in [0.25, 0.3) is 0 Å². The Morgan fingerprint density at radius 1 is 0.917 bits per heavy atom. The van der Waals surface area contributed by atoms with Gasteiger partial charge in [-0.05, 0) is 0 Å². The maximum atomic E-state index is 8.63. The molecule has 8 nitrogen and oxygen atoms in total. The zero-order chi connectivity index (χ0) is 9.00. The SMILES string of the molecule is O=S(=O)([O-])O.O=S(=O)([O-])[O-].[K+].[Mg+2]. The van der Waals surface area contributed by atoms with E-state index >= 15 is 0 Å². The molecule has 12 heavy (non-hydrogen) atoms. The first-order chi connectivity index (χ1) is 4.00. The molecule has 0 fully saturated rings. The van der Waals surface area contributed by atoms with Gasteiger partial charge in [-0.15, -0.1) is 0 Å². The van der Waals surface area contributed by atoms with Gasteiger partial charge >= 0.3 is 74.4 Å². The van der Waals surface area contributed by atoms with Crippen LogP contribution in [0, 0.1) is 0 Å². The molecule has 0 aromatic carbocycles. The van der Waals surface area contributed by atoms with Crippen LogP contribution in [-0.2, 0) is 20.8 Å². The van der Waals surface area contributed by atoms with Crippen LogP contribution in [0.25, 0.3) is 0 Å². The smallest absolute Gasteiger partial charge is 0.759 e. The minimum atomic E-state index is -5.17. The monoisotopic (exact) mass is 256 g/mol. The Morgan fingerprint density at radius 3 is 0.917 bits per heavy atom. The van der Waals surface area contributed by atoms with Crippen molar-refractivity contribution in [1.29, 1.82) is 0 Å². The van der Waals surface area contributed by atoms with Crippen molar-refractivity contribution < 1.29 is 86.4 Å². The van der Waals surface area contributed by atoms with Gasteiger partial charge in [-0.3, -0.25) is 13.0 Å². The molecule has 0 aliphatic carbocycles. The normalized spacial score (nSPS) is 9.67. The van der Waals surface area contributed by atoms with Crippen LogP contribution in [0.1, 0.15) is 0 Å². The molecule has 0 spiro atoms. The summed E-state index contributed by atoms with van der Waals surface area (Å²) in [6.07, 6.45) is 0. The molecule has 0 unspecified atom stereocenters. The van der Waals surface area contributed by atoms with Gasteiger partial charge in [0.1, 0.15) is 0 Å². The van der Waals surface area contributed by atoms with Crippen LogP contribution in [0.3, 0.4) is 0 Å². The maximum Gasteiger partial charge on any atom is 2.00 e. The van der Waals surface area contributed by atoms with Crippen LogP contribution in [0.2, 0.25) is 0 Å². The largest absolute Gasteiger partial charge is 2.00 e. The van der Waals surface area contributed by atoms with E-state index in [1.807, 2.05) is 0 Å². The zero-order valence-electron chi connectivity index (χ0n) is 5.83. The summed E-state index contributed by atoms with van der Waals surface area (Å²) in [6, 6.07) is 0. The van der Waals surface area contributed by atoms with E-state index in [0.29, 0.717) is 0 Å². The molecule has 0 aromatic rings. The predicted octanol–water partition coefficient (Wildman–Crippen LogP) is -5.71. The fourth-order valence-electron chi connectivity index (χ4n) is 0. The summed E-state index contributed by atoms with van der Waals surface area (Å²) in [5, 5.41) is 0. The Labute approximate surface area is 128 Å². The molecule has 64 valence electrons. The molecule has 0 radical (unpaired) electrons. The van der Waals surface area contributed by atoms with Gasteiger partial charge in [-0.25, -0.2) is 8.42 Å². The average molecular weight is 257 g/mol. The van der Waals surface area contributed by atoms with Crippen molar-refractivity contribution in [3.63, 3.8) is 0 Å². The van der Waals surface area contributed by atoms with E-state index in [1.165, 1.54) is 0 Å². The second-order valence-corrected chi connectivity index (χ2v) is 2.51. The Morgan fingerprint density at radius 2 is 0.917 bits per heavy atom. The number of hydrogen-bond donors (Lipinski definition) is 1. The molecule has 0 saturated heterocycles.